The first-order valence-corrected chi connectivity index (χ1v) is 3.67. The van der Waals surface area contributed by atoms with Gasteiger partial charge in [-0.15, -0.1) is 0 Å². The van der Waals surface area contributed by atoms with Gasteiger partial charge in [0.1, 0.15) is 5.52 Å². The molecule has 62 valence electrons. The molecule has 12 heavy (non-hydrogen) atoms. The Morgan fingerprint density at radius 1 is 1.33 bits per heavy atom. The quantitative estimate of drug-likeness (QED) is 0.589. The molecule has 0 aliphatic carbocycles. The number of rotatable bonds is 0. The summed E-state index contributed by atoms with van der Waals surface area (Å²) in [6, 6.07) is 0. The number of fused-ring (bicyclic) bond motifs is 1. The third kappa shape index (κ3) is 0.984. The van der Waals surface area contributed by atoms with Crippen molar-refractivity contribution in [3.05, 3.63) is 21.5 Å². The topological polar surface area (TPSA) is 74.4 Å². The van der Waals surface area contributed by atoms with Gasteiger partial charge < -0.3 is 4.98 Å². The highest BCUT2D eigenvalue weighted by Gasteiger charge is 2.04. The van der Waals surface area contributed by atoms with Gasteiger partial charge in [-0.05, 0) is 18.5 Å². The second kappa shape index (κ2) is 2.31. The zero-order chi connectivity index (χ0) is 8.72. The predicted octanol–water partition coefficient (Wildman–Crippen LogP) is 0.608. The molecule has 0 saturated heterocycles. The molecular formula is C6H5ClN4O. The van der Waals surface area contributed by atoms with Gasteiger partial charge >= 0.3 is 5.69 Å². The van der Waals surface area contributed by atoms with Gasteiger partial charge in [-0.25, -0.2) is 9.78 Å². The van der Waals surface area contributed by atoms with Crippen LogP contribution in [0.4, 0.5) is 0 Å². The number of aryl methyl sites for hydroxylation is 1. The molecule has 6 heteroatoms. The summed E-state index contributed by atoms with van der Waals surface area (Å²) in [5, 5.41) is 0.134. The van der Waals surface area contributed by atoms with Gasteiger partial charge in [-0.2, -0.15) is 4.98 Å². The Hall–Kier alpha value is -1.36. The van der Waals surface area contributed by atoms with Crippen LogP contribution in [0, 0.1) is 6.92 Å². The van der Waals surface area contributed by atoms with Gasteiger partial charge in [0, 0.05) is 0 Å². The number of halogens is 1. The maximum absolute atomic E-state index is 10.8. The van der Waals surface area contributed by atoms with E-state index in [1.54, 1.807) is 6.92 Å². The fourth-order valence-electron chi connectivity index (χ4n) is 1.03. The van der Waals surface area contributed by atoms with E-state index in [0.717, 1.165) is 0 Å². The van der Waals surface area contributed by atoms with Crippen LogP contribution in [0.1, 0.15) is 5.69 Å². The Bertz CT molecular complexity index is 486. The van der Waals surface area contributed by atoms with Gasteiger partial charge in [0.05, 0.1) is 5.69 Å². The number of aromatic amines is 2. The molecular weight excluding hydrogens is 180 g/mol. The van der Waals surface area contributed by atoms with Gasteiger partial charge in [-0.1, -0.05) is 0 Å². The Balaban J connectivity index is 2.97. The lowest BCUT2D eigenvalue weighted by molar-refractivity contribution is 1.14. The molecule has 0 atom stereocenters. The summed E-state index contributed by atoms with van der Waals surface area (Å²) in [5.74, 6) is 0. The van der Waals surface area contributed by atoms with Crippen molar-refractivity contribution in [3.63, 3.8) is 0 Å². The highest BCUT2D eigenvalue weighted by molar-refractivity contribution is 6.28. The molecule has 0 bridgehead atoms. The van der Waals surface area contributed by atoms with Gasteiger partial charge in [0.25, 0.3) is 0 Å². The zero-order valence-corrected chi connectivity index (χ0v) is 6.94. The van der Waals surface area contributed by atoms with Crippen LogP contribution in [0.15, 0.2) is 4.79 Å². The van der Waals surface area contributed by atoms with Gasteiger partial charge in [0.15, 0.2) is 5.65 Å². The molecule has 0 aromatic carbocycles. The fourth-order valence-corrected chi connectivity index (χ4v) is 1.24. The molecule has 0 radical (unpaired) electrons. The SMILES string of the molecule is Cc1nc(Cl)nc2[nH]c(=O)[nH]c12. The summed E-state index contributed by atoms with van der Waals surface area (Å²) in [5.41, 5.74) is 1.40. The lowest BCUT2D eigenvalue weighted by Crippen LogP contribution is -1.99. The number of hydrogen-bond acceptors (Lipinski definition) is 3. The van der Waals surface area contributed by atoms with E-state index in [9.17, 15) is 4.79 Å². The number of H-pyrrole nitrogens is 2. The molecule has 2 aromatic heterocycles. The molecule has 5 nitrogen and oxygen atoms in total. The number of nitrogens with zero attached hydrogens (tertiary/aromatic N) is 2. The maximum Gasteiger partial charge on any atom is 0.325 e. The van der Waals surface area contributed by atoms with Crippen molar-refractivity contribution in [1.29, 1.82) is 0 Å². The molecule has 2 N–H and O–H groups in total. The normalized spacial score (nSPS) is 10.8. The Morgan fingerprint density at radius 2 is 2.08 bits per heavy atom. The third-order valence-corrected chi connectivity index (χ3v) is 1.70. The molecule has 0 amide bonds. The monoisotopic (exact) mass is 184 g/mol. The first-order valence-electron chi connectivity index (χ1n) is 3.29. The van der Waals surface area contributed by atoms with E-state index in [-0.39, 0.29) is 11.0 Å². The fraction of sp³-hybridized carbons (Fsp3) is 0.167. The van der Waals surface area contributed by atoms with E-state index in [0.29, 0.717) is 16.9 Å². The van der Waals surface area contributed by atoms with Crippen LogP contribution in [0.2, 0.25) is 5.28 Å². The Morgan fingerprint density at radius 3 is 2.83 bits per heavy atom. The standard InChI is InChI=1S/C6H5ClN4O/c1-2-3-4(10-5(7)8-2)11-6(12)9-3/h1H3,(H2,8,9,10,11,12). The molecule has 0 spiro atoms. The maximum atomic E-state index is 10.8. The van der Waals surface area contributed by atoms with E-state index in [4.69, 9.17) is 11.6 Å². The van der Waals surface area contributed by atoms with E-state index in [2.05, 4.69) is 19.9 Å². The molecule has 2 heterocycles. The van der Waals surface area contributed by atoms with Crippen molar-refractivity contribution in [1.82, 2.24) is 19.9 Å². The molecule has 0 unspecified atom stereocenters. The zero-order valence-electron chi connectivity index (χ0n) is 6.18. The van der Waals surface area contributed by atoms with Crippen molar-refractivity contribution >= 4 is 22.8 Å². The summed E-state index contributed by atoms with van der Waals surface area (Å²) in [6.07, 6.45) is 0. The summed E-state index contributed by atoms with van der Waals surface area (Å²) in [6.45, 7) is 1.75. The third-order valence-electron chi connectivity index (χ3n) is 1.53. The van der Waals surface area contributed by atoms with Crippen molar-refractivity contribution in [3.8, 4) is 0 Å². The average molecular weight is 185 g/mol. The van der Waals surface area contributed by atoms with E-state index in [1.165, 1.54) is 0 Å². The number of imidazole rings is 1. The number of aromatic nitrogens is 4. The lowest BCUT2D eigenvalue weighted by Gasteiger charge is -1.93. The molecule has 0 aliphatic rings. The van der Waals surface area contributed by atoms with Crippen LogP contribution < -0.4 is 5.69 Å². The lowest BCUT2D eigenvalue weighted by atomic mass is 10.4. The van der Waals surface area contributed by atoms with Crippen LogP contribution >= 0.6 is 11.6 Å². The van der Waals surface area contributed by atoms with Crippen LogP contribution in [-0.4, -0.2) is 19.9 Å². The van der Waals surface area contributed by atoms with Crippen molar-refractivity contribution in [2.24, 2.45) is 0 Å². The van der Waals surface area contributed by atoms with Gasteiger partial charge in [-0.3, -0.25) is 4.98 Å². The Kier molecular flexibility index (Phi) is 1.41. The average Bonchev–Trinajstić information content (AvgIpc) is 2.29. The molecule has 0 fully saturated rings. The predicted molar refractivity (Wildman–Crippen MR) is 44.3 cm³/mol. The minimum Gasteiger partial charge on any atom is -0.303 e. The highest BCUT2D eigenvalue weighted by atomic mass is 35.5. The minimum atomic E-state index is -0.301. The summed E-state index contributed by atoms with van der Waals surface area (Å²) >= 11 is 5.58. The molecule has 2 rings (SSSR count). The molecule has 2 aromatic rings. The summed E-state index contributed by atoms with van der Waals surface area (Å²) in [7, 11) is 0. The first kappa shape index (κ1) is 7.30. The first-order chi connectivity index (χ1) is 5.66. The number of hydrogen-bond donors (Lipinski definition) is 2. The van der Waals surface area contributed by atoms with Crippen LogP contribution in [0.25, 0.3) is 11.2 Å². The smallest absolute Gasteiger partial charge is 0.303 e. The van der Waals surface area contributed by atoms with Crippen molar-refractivity contribution in [2.75, 3.05) is 0 Å². The molecule has 0 aliphatic heterocycles. The van der Waals surface area contributed by atoms with Crippen LogP contribution in [0.3, 0.4) is 0 Å². The van der Waals surface area contributed by atoms with Gasteiger partial charge in [0.2, 0.25) is 5.28 Å². The summed E-state index contributed by atoms with van der Waals surface area (Å²) in [4.78, 5) is 23.6. The van der Waals surface area contributed by atoms with Crippen molar-refractivity contribution in [2.45, 2.75) is 6.92 Å². The van der Waals surface area contributed by atoms with Crippen LogP contribution in [-0.2, 0) is 0 Å². The molecule has 0 saturated carbocycles. The van der Waals surface area contributed by atoms with E-state index < -0.39 is 0 Å². The van der Waals surface area contributed by atoms with Crippen molar-refractivity contribution < 1.29 is 0 Å². The Labute approximate surface area is 71.8 Å². The number of nitrogens with one attached hydrogen (secondary N) is 2. The largest absolute Gasteiger partial charge is 0.325 e. The minimum absolute atomic E-state index is 0.134. The second-order valence-corrected chi connectivity index (χ2v) is 2.72. The van der Waals surface area contributed by atoms with Crippen LogP contribution in [0.5, 0.6) is 0 Å². The second-order valence-electron chi connectivity index (χ2n) is 2.38. The summed E-state index contributed by atoms with van der Waals surface area (Å²) < 4.78 is 0. The highest BCUT2D eigenvalue weighted by Crippen LogP contribution is 2.10. The van der Waals surface area contributed by atoms with E-state index >= 15 is 0 Å². The van der Waals surface area contributed by atoms with E-state index in [1.807, 2.05) is 0 Å².